The van der Waals surface area contributed by atoms with Crippen LogP contribution in [0, 0.1) is 30.2 Å². The maximum Gasteiger partial charge on any atom is 0.229 e. The highest BCUT2D eigenvalue weighted by atomic mass is 32.2. The number of carbonyl (C=O) groups is 2. The predicted molar refractivity (Wildman–Crippen MR) is 321 cm³/mol. The number of thioether (sulfide) groups is 2. The Hall–Kier alpha value is -4.68. The number of benzene rings is 3. The fourth-order valence-corrected chi connectivity index (χ4v) is 20.8. The van der Waals surface area contributed by atoms with Gasteiger partial charge in [0, 0.05) is 61.7 Å². The van der Waals surface area contributed by atoms with E-state index in [9.17, 15) is 9.59 Å². The van der Waals surface area contributed by atoms with Crippen LogP contribution >= 0.6 is 68.9 Å². The van der Waals surface area contributed by atoms with E-state index in [2.05, 4.69) is 158 Å². The summed E-state index contributed by atoms with van der Waals surface area (Å²) >= 11 is 9.93. The second-order valence-electron chi connectivity index (χ2n) is 18.7. The Kier molecular flexibility index (Phi) is 18.5. The molecule has 0 saturated heterocycles. The molecule has 366 valence electrons. The van der Waals surface area contributed by atoms with Crippen LogP contribution < -0.4 is 15.6 Å². The number of carbonyl (C=O) groups excluding carboxylic acids is 2. The third-order valence-electron chi connectivity index (χ3n) is 13.6. The van der Waals surface area contributed by atoms with Gasteiger partial charge in [-0.1, -0.05) is 154 Å². The summed E-state index contributed by atoms with van der Waals surface area (Å²) in [6.45, 7) is 6.08. The second-order valence-corrected chi connectivity index (χ2v) is 28.9. The third-order valence-corrected chi connectivity index (χ3v) is 24.8. The van der Waals surface area contributed by atoms with Crippen LogP contribution in [0.4, 0.5) is 0 Å². The quantitative estimate of drug-likeness (QED) is 0.0277. The van der Waals surface area contributed by atoms with Crippen molar-refractivity contribution in [2.75, 3.05) is 0 Å². The van der Waals surface area contributed by atoms with Crippen LogP contribution in [0.1, 0.15) is 125 Å². The van der Waals surface area contributed by atoms with Crippen molar-refractivity contribution >= 4 is 108 Å². The van der Waals surface area contributed by atoms with E-state index in [4.69, 9.17) is 0 Å². The van der Waals surface area contributed by atoms with Gasteiger partial charge in [-0.2, -0.15) is 0 Å². The number of fused-ring (bicyclic) bond motifs is 1. The van der Waals surface area contributed by atoms with Gasteiger partial charge in [0.1, 0.15) is 0 Å². The molecule has 0 N–H and O–H groups in total. The Labute approximate surface area is 453 Å². The van der Waals surface area contributed by atoms with Crippen LogP contribution in [0.15, 0.2) is 143 Å². The smallest absolute Gasteiger partial charge is 0.229 e. The van der Waals surface area contributed by atoms with Crippen LogP contribution in [0.5, 0.6) is 0 Å². The highest BCUT2D eigenvalue weighted by Gasteiger charge is 2.41. The fraction of sp³-hybridized carbons (Fsp3) is 0.302. The third kappa shape index (κ3) is 12.3. The van der Waals surface area contributed by atoms with Crippen molar-refractivity contribution in [3.05, 3.63) is 164 Å². The average molecular weight is 1070 g/mol. The van der Waals surface area contributed by atoms with Gasteiger partial charge in [0.25, 0.3) is 0 Å². The summed E-state index contributed by atoms with van der Waals surface area (Å²) in [5, 5.41) is 4.00. The summed E-state index contributed by atoms with van der Waals surface area (Å²) in [7, 11) is -2.54. The lowest BCUT2D eigenvalue weighted by Gasteiger charge is -2.28. The van der Waals surface area contributed by atoms with Crippen molar-refractivity contribution in [3.63, 3.8) is 0 Å². The Morgan fingerprint density at radius 1 is 0.444 bits per heavy atom. The molecular weight excluding hydrogens is 1010 g/mol. The lowest BCUT2D eigenvalue weighted by Crippen LogP contribution is -2.66. The van der Waals surface area contributed by atoms with Crippen LogP contribution in [0.25, 0.3) is 34.2 Å². The number of aryl methyl sites for hydroxylation is 3. The zero-order valence-corrected chi connectivity index (χ0v) is 47.6. The highest BCUT2D eigenvalue weighted by Crippen LogP contribution is 2.55. The van der Waals surface area contributed by atoms with Crippen LogP contribution in [0.3, 0.4) is 0 Å². The van der Waals surface area contributed by atoms with E-state index in [-0.39, 0.29) is 10.2 Å². The summed E-state index contributed by atoms with van der Waals surface area (Å²) < 4.78 is 0. The van der Waals surface area contributed by atoms with Gasteiger partial charge in [0.15, 0.2) is 0 Å². The molecule has 0 bridgehead atoms. The molecule has 9 rings (SSSR count). The molecule has 0 unspecified atom stereocenters. The molecule has 0 atom stereocenters. The minimum atomic E-state index is -2.54. The Morgan fingerprint density at radius 3 is 1.44 bits per heavy atom. The van der Waals surface area contributed by atoms with E-state index < -0.39 is 8.07 Å². The van der Waals surface area contributed by atoms with Crippen LogP contribution in [-0.2, 0) is 22.4 Å². The molecule has 0 radical (unpaired) electrons. The van der Waals surface area contributed by atoms with Crippen LogP contribution in [-0.4, -0.2) is 18.3 Å². The van der Waals surface area contributed by atoms with Gasteiger partial charge < -0.3 is 0 Å². The van der Waals surface area contributed by atoms with Gasteiger partial charge in [0.05, 0.1) is 11.1 Å². The summed E-state index contributed by atoms with van der Waals surface area (Å²) in [5.74, 6) is 9.92. The summed E-state index contributed by atoms with van der Waals surface area (Å²) in [4.78, 5) is 38.5. The lowest BCUT2D eigenvalue weighted by atomic mass is 10.0. The van der Waals surface area contributed by atoms with Crippen molar-refractivity contribution in [1.82, 2.24) is 0 Å². The van der Waals surface area contributed by atoms with Crippen molar-refractivity contribution in [3.8, 4) is 52.6 Å². The predicted octanol–water partition coefficient (Wildman–Crippen LogP) is 17.1. The first-order chi connectivity index (χ1) is 35.3. The molecule has 2 aliphatic rings. The number of allylic oxidation sites excluding steroid dienone is 1. The number of rotatable bonds is 23. The molecule has 9 heteroatoms. The van der Waals surface area contributed by atoms with Gasteiger partial charge in [-0.3, -0.25) is 9.59 Å². The van der Waals surface area contributed by atoms with E-state index in [0.29, 0.717) is 11.1 Å². The normalized spacial score (nSPS) is 13.4. The van der Waals surface area contributed by atoms with E-state index in [1.807, 2.05) is 47.9 Å². The van der Waals surface area contributed by atoms with E-state index in [1.54, 1.807) is 11.3 Å². The zero-order chi connectivity index (χ0) is 49.7. The second kappa shape index (κ2) is 25.5. The molecule has 2 nitrogen and oxygen atoms in total. The molecule has 0 spiro atoms. The standard InChI is InChI=1S/C63H62O2S6Si/c1-4-5-6-7-8-9-12-15-21-30-47-43-45(2)66-59(47)54-40-38-52(68-54)53-39-41-55(69-53)60-48(44-56(70-60)61-58-57(62(64)71-61)46(3)67-63(58)65)31-22-16-13-10-11-14-17-29-42-72(49-32-23-18-24-33-49,50-34-25-19-26-35-50)51-36-27-20-28-37-51/h18-20,23-28,32-41,43-44H,6-17,21-22,30-31H2,1-3H3. The van der Waals surface area contributed by atoms with Gasteiger partial charge in [-0.05, 0) is 134 Å². The van der Waals surface area contributed by atoms with E-state index >= 15 is 0 Å². The SMILES string of the molecule is CC#CCCCCCCCCc1cc(C)sc1-c1ccc(-c2ccc(-c3sc(C4=C5C(=O)SC(C)=C5C(=O)S4)cc3CCCCCCCCC#C[Si](c3ccccc3)(c3ccccc3)c3ccccc3)s2)s1. The minimum absolute atomic E-state index is 0.00330. The maximum atomic E-state index is 13.2. The summed E-state index contributed by atoms with van der Waals surface area (Å²) in [6, 6.07) is 46.8. The van der Waals surface area contributed by atoms with Gasteiger partial charge in [0.2, 0.25) is 18.3 Å². The highest BCUT2D eigenvalue weighted by molar-refractivity contribution is 8.24. The Morgan fingerprint density at radius 2 is 0.903 bits per heavy atom. The minimum Gasteiger partial charge on any atom is -0.281 e. The molecule has 72 heavy (non-hydrogen) atoms. The lowest BCUT2D eigenvalue weighted by molar-refractivity contribution is -0.109. The summed E-state index contributed by atoms with van der Waals surface area (Å²) in [6.07, 6.45) is 18.6. The first kappa shape index (κ1) is 52.2. The molecule has 0 aliphatic carbocycles. The molecule has 0 fully saturated rings. The van der Waals surface area contributed by atoms with Crippen molar-refractivity contribution in [2.45, 2.75) is 124 Å². The molecule has 7 aromatic rings. The molecule has 4 aromatic heterocycles. The molecule has 2 aliphatic heterocycles. The van der Waals surface area contributed by atoms with E-state index in [0.717, 1.165) is 59.6 Å². The average Bonchev–Trinajstić information content (AvgIpc) is 4.28. The first-order valence-corrected chi connectivity index (χ1v) is 32.6. The first-order valence-electron chi connectivity index (χ1n) is 25.7. The molecule has 6 heterocycles. The molecule has 0 saturated carbocycles. The van der Waals surface area contributed by atoms with Crippen molar-refractivity contribution < 1.29 is 9.59 Å². The van der Waals surface area contributed by atoms with E-state index in [1.165, 1.54) is 142 Å². The van der Waals surface area contributed by atoms with Gasteiger partial charge >= 0.3 is 0 Å². The Balaban J connectivity index is 0.844. The maximum absolute atomic E-state index is 13.2. The largest absolute Gasteiger partial charge is 0.281 e. The summed E-state index contributed by atoms with van der Waals surface area (Å²) in [5.41, 5.74) is 8.02. The number of unbranched alkanes of at least 4 members (excludes halogenated alkanes) is 12. The zero-order valence-electron chi connectivity index (χ0n) is 41.7. The van der Waals surface area contributed by atoms with Crippen molar-refractivity contribution in [2.24, 2.45) is 0 Å². The fourth-order valence-electron chi connectivity index (χ4n) is 9.99. The monoisotopic (exact) mass is 1070 g/mol. The number of hydrogen-bond donors (Lipinski definition) is 0. The number of thiophene rings is 4. The molecule has 0 amide bonds. The number of hydrogen-bond acceptors (Lipinski definition) is 8. The Bertz CT molecular complexity index is 3080. The van der Waals surface area contributed by atoms with Gasteiger partial charge in [-0.25, -0.2) is 0 Å². The van der Waals surface area contributed by atoms with Gasteiger partial charge in [-0.15, -0.1) is 68.7 Å². The molecule has 3 aromatic carbocycles. The van der Waals surface area contributed by atoms with Crippen molar-refractivity contribution in [1.29, 1.82) is 0 Å². The van der Waals surface area contributed by atoms with Crippen LogP contribution in [0.2, 0.25) is 0 Å². The topological polar surface area (TPSA) is 34.1 Å². The molecular formula is C63H62O2S6Si.